The zero-order valence-corrected chi connectivity index (χ0v) is 11.1. The molecular weight excluding hydrogens is 302 g/mol. The number of carboxylic acid groups (broad SMARTS) is 1. The molecule has 0 bridgehead atoms. The van der Waals surface area contributed by atoms with Crippen molar-refractivity contribution in [3.8, 4) is 0 Å². The average Bonchev–Trinajstić information content (AvgIpc) is 2.33. The summed E-state index contributed by atoms with van der Waals surface area (Å²) in [5.74, 6) is 0.290. The fourth-order valence-corrected chi connectivity index (χ4v) is 2.15. The van der Waals surface area contributed by atoms with Crippen LogP contribution < -0.4 is 10.2 Å². The van der Waals surface area contributed by atoms with Crippen LogP contribution in [-0.2, 0) is 4.79 Å². The van der Waals surface area contributed by atoms with Crippen molar-refractivity contribution >= 4 is 33.7 Å². The van der Waals surface area contributed by atoms with E-state index in [0.717, 1.165) is 10.9 Å². The third-order valence-electron chi connectivity index (χ3n) is 2.72. The average molecular weight is 314 g/mol. The molecule has 1 aromatic rings. The van der Waals surface area contributed by atoms with E-state index in [1.165, 1.54) is 4.90 Å². The molecule has 0 aliphatic carbocycles. The Balaban J connectivity index is 2.15. The second-order valence-electron chi connectivity index (χ2n) is 3.97. The van der Waals surface area contributed by atoms with Gasteiger partial charge in [-0.1, -0.05) is 0 Å². The normalized spacial score (nSPS) is 19.7. The molecule has 6 nitrogen and oxygen atoms in total. The fraction of sp³-hybridized carbons (Fsp3) is 0.364. The number of anilines is 1. The highest BCUT2D eigenvalue weighted by Gasteiger charge is 2.31. The molecule has 2 amide bonds. The zero-order valence-electron chi connectivity index (χ0n) is 9.47. The number of aromatic nitrogens is 1. The van der Waals surface area contributed by atoms with Gasteiger partial charge in [0.2, 0.25) is 0 Å². The van der Waals surface area contributed by atoms with E-state index in [2.05, 4.69) is 26.2 Å². The minimum Gasteiger partial charge on any atom is -0.465 e. The molecule has 1 saturated heterocycles. The van der Waals surface area contributed by atoms with Gasteiger partial charge in [0.05, 0.1) is 0 Å². The van der Waals surface area contributed by atoms with Gasteiger partial charge in [-0.15, -0.1) is 0 Å². The summed E-state index contributed by atoms with van der Waals surface area (Å²) >= 11 is 3.27. The second-order valence-corrected chi connectivity index (χ2v) is 4.88. The Morgan fingerprint density at radius 1 is 1.56 bits per heavy atom. The summed E-state index contributed by atoms with van der Waals surface area (Å²) in [5, 5.41) is 10.9. The van der Waals surface area contributed by atoms with Crippen molar-refractivity contribution in [2.45, 2.75) is 18.9 Å². The van der Waals surface area contributed by atoms with Gasteiger partial charge in [-0.3, -0.25) is 9.69 Å². The standard InChI is InChI=1S/C11H12BrN3O3/c12-7-3-4-9(13-6-7)15-5-1-2-8(10(15)16)14-11(17)18/h3-4,6,8,14H,1-2,5H2,(H,17,18). The first kappa shape index (κ1) is 12.8. The summed E-state index contributed by atoms with van der Waals surface area (Å²) in [6.07, 6.45) is 1.70. The lowest BCUT2D eigenvalue weighted by Crippen LogP contribution is -2.52. The van der Waals surface area contributed by atoms with Crippen LogP contribution in [0.2, 0.25) is 0 Å². The van der Waals surface area contributed by atoms with Crippen LogP contribution in [0.25, 0.3) is 0 Å². The van der Waals surface area contributed by atoms with Gasteiger partial charge in [0.25, 0.3) is 5.91 Å². The lowest BCUT2D eigenvalue weighted by molar-refractivity contribution is -0.121. The molecule has 1 aliphatic heterocycles. The van der Waals surface area contributed by atoms with Crippen LogP contribution in [-0.4, -0.2) is 34.7 Å². The highest BCUT2D eigenvalue weighted by atomic mass is 79.9. The Morgan fingerprint density at radius 3 is 2.94 bits per heavy atom. The van der Waals surface area contributed by atoms with Crippen LogP contribution in [0.4, 0.5) is 10.6 Å². The molecular formula is C11H12BrN3O3. The molecule has 0 spiro atoms. The van der Waals surface area contributed by atoms with E-state index >= 15 is 0 Å². The lowest BCUT2D eigenvalue weighted by Gasteiger charge is -2.31. The maximum absolute atomic E-state index is 12.1. The van der Waals surface area contributed by atoms with Crippen molar-refractivity contribution in [2.75, 3.05) is 11.4 Å². The number of hydrogen-bond acceptors (Lipinski definition) is 3. The maximum Gasteiger partial charge on any atom is 0.405 e. The Bertz CT molecular complexity index is 463. The van der Waals surface area contributed by atoms with E-state index in [0.29, 0.717) is 18.8 Å². The van der Waals surface area contributed by atoms with Crippen LogP contribution in [0.15, 0.2) is 22.8 Å². The third-order valence-corrected chi connectivity index (χ3v) is 3.19. The number of piperidine rings is 1. The van der Waals surface area contributed by atoms with Gasteiger partial charge in [0.15, 0.2) is 0 Å². The molecule has 1 fully saturated rings. The van der Waals surface area contributed by atoms with Crippen molar-refractivity contribution < 1.29 is 14.7 Å². The smallest absolute Gasteiger partial charge is 0.405 e. The summed E-state index contributed by atoms with van der Waals surface area (Å²) in [5.41, 5.74) is 0. The highest BCUT2D eigenvalue weighted by Crippen LogP contribution is 2.20. The van der Waals surface area contributed by atoms with E-state index in [1.807, 2.05) is 0 Å². The Labute approximate surface area is 112 Å². The minimum absolute atomic E-state index is 0.251. The summed E-state index contributed by atoms with van der Waals surface area (Å²) in [6, 6.07) is 2.84. The molecule has 1 aliphatic rings. The first-order chi connectivity index (χ1) is 8.58. The third kappa shape index (κ3) is 2.79. The van der Waals surface area contributed by atoms with E-state index in [4.69, 9.17) is 5.11 Å². The predicted molar refractivity (Wildman–Crippen MR) is 68.5 cm³/mol. The van der Waals surface area contributed by atoms with Gasteiger partial charge < -0.3 is 10.4 Å². The number of nitrogens with one attached hydrogen (secondary N) is 1. The number of rotatable bonds is 2. The highest BCUT2D eigenvalue weighted by molar-refractivity contribution is 9.10. The van der Waals surface area contributed by atoms with Crippen LogP contribution >= 0.6 is 15.9 Å². The molecule has 18 heavy (non-hydrogen) atoms. The summed E-state index contributed by atoms with van der Waals surface area (Å²) < 4.78 is 0.830. The second kappa shape index (κ2) is 5.34. The quantitative estimate of drug-likeness (QED) is 0.869. The Morgan fingerprint density at radius 2 is 2.33 bits per heavy atom. The molecule has 1 unspecified atom stereocenters. The van der Waals surface area contributed by atoms with Gasteiger partial charge in [-0.05, 0) is 40.9 Å². The SMILES string of the molecule is O=C(O)NC1CCCN(c2ccc(Br)cn2)C1=O. The predicted octanol–water partition coefficient (Wildman–Crippen LogP) is 1.61. The summed E-state index contributed by atoms with van der Waals surface area (Å²) in [7, 11) is 0. The number of carbonyl (C=O) groups excluding carboxylic acids is 1. The van der Waals surface area contributed by atoms with Crippen molar-refractivity contribution in [1.29, 1.82) is 0 Å². The topological polar surface area (TPSA) is 82.5 Å². The number of nitrogens with zero attached hydrogens (tertiary/aromatic N) is 2. The number of hydrogen-bond donors (Lipinski definition) is 2. The van der Waals surface area contributed by atoms with Crippen LogP contribution in [0.5, 0.6) is 0 Å². The van der Waals surface area contributed by atoms with Crippen LogP contribution in [0, 0.1) is 0 Å². The van der Waals surface area contributed by atoms with Gasteiger partial charge in [0.1, 0.15) is 11.9 Å². The van der Waals surface area contributed by atoms with Gasteiger partial charge in [-0.25, -0.2) is 9.78 Å². The maximum atomic E-state index is 12.1. The van der Waals surface area contributed by atoms with Gasteiger partial charge >= 0.3 is 6.09 Å². The van der Waals surface area contributed by atoms with E-state index in [1.54, 1.807) is 18.3 Å². The van der Waals surface area contributed by atoms with Gasteiger partial charge in [0, 0.05) is 17.2 Å². The molecule has 0 saturated carbocycles. The van der Waals surface area contributed by atoms with Crippen molar-refractivity contribution in [1.82, 2.24) is 10.3 Å². The van der Waals surface area contributed by atoms with Crippen molar-refractivity contribution in [3.05, 3.63) is 22.8 Å². The monoisotopic (exact) mass is 313 g/mol. The summed E-state index contributed by atoms with van der Waals surface area (Å²) in [6.45, 7) is 0.561. The molecule has 2 N–H and O–H groups in total. The number of halogens is 1. The molecule has 1 atom stereocenters. The Kier molecular flexibility index (Phi) is 3.81. The van der Waals surface area contributed by atoms with E-state index < -0.39 is 12.1 Å². The Hall–Kier alpha value is -1.63. The summed E-state index contributed by atoms with van der Waals surface area (Å²) in [4.78, 5) is 28.4. The number of carbonyl (C=O) groups is 2. The first-order valence-corrected chi connectivity index (χ1v) is 6.29. The van der Waals surface area contributed by atoms with Gasteiger partial charge in [-0.2, -0.15) is 0 Å². The number of amides is 2. The number of pyridine rings is 1. The van der Waals surface area contributed by atoms with Crippen molar-refractivity contribution in [2.24, 2.45) is 0 Å². The van der Waals surface area contributed by atoms with E-state index in [-0.39, 0.29) is 5.91 Å². The minimum atomic E-state index is -1.18. The van der Waals surface area contributed by atoms with Crippen LogP contribution in [0.1, 0.15) is 12.8 Å². The van der Waals surface area contributed by atoms with Crippen LogP contribution in [0.3, 0.4) is 0 Å². The van der Waals surface area contributed by atoms with E-state index in [9.17, 15) is 9.59 Å². The van der Waals surface area contributed by atoms with Crippen molar-refractivity contribution in [3.63, 3.8) is 0 Å². The molecule has 2 heterocycles. The molecule has 1 aromatic heterocycles. The fourth-order valence-electron chi connectivity index (χ4n) is 1.91. The molecule has 96 valence electrons. The molecule has 0 radical (unpaired) electrons. The molecule has 7 heteroatoms. The molecule has 2 rings (SSSR count). The first-order valence-electron chi connectivity index (χ1n) is 5.50. The zero-order chi connectivity index (χ0) is 13.1. The largest absolute Gasteiger partial charge is 0.465 e. The molecule has 0 aromatic carbocycles. The lowest BCUT2D eigenvalue weighted by atomic mass is 10.1.